The van der Waals surface area contributed by atoms with Crippen LogP contribution in [0, 0.1) is 12.7 Å². The topological polar surface area (TPSA) is 74.0 Å². The van der Waals surface area contributed by atoms with Crippen molar-refractivity contribution in [1.82, 2.24) is 10.3 Å². The van der Waals surface area contributed by atoms with E-state index in [0.29, 0.717) is 12.1 Å². The maximum Gasteiger partial charge on any atom is 0.228 e. The summed E-state index contributed by atoms with van der Waals surface area (Å²) in [6.07, 6.45) is 0.445. The molecule has 2 amide bonds. The fourth-order valence-electron chi connectivity index (χ4n) is 2.93. The number of carbonyl (C=O) groups excluding carboxylic acids is 2. The van der Waals surface area contributed by atoms with Gasteiger partial charge in [0, 0.05) is 29.3 Å². The van der Waals surface area contributed by atoms with Gasteiger partial charge in [0.2, 0.25) is 11.8 Å². The van der Waals surface area contributed by atoms with Crippen molar-refractivity contribution >= 4 is 28.4 Å². The largest absolute Gasteiger partial charge is 0.359 e. The molecule has 0 fully saturated rings. The predicted molar refractivity (Wildman–Crippen MR) is 99.5 cm³/mol. The van der Waals surface area contributed by atoms with E-state index in [1.165, 1.54) is 12.1 Å². The van der Waals surface area contributed by atoms with Crippen molar-refractivity contribution in [3.05, 3.63) is 65.1 Å². The van der Waals surface area contributed by atoms with Gasteiger partial charge in [0.25, 0.3) is 0 Å². The zero-order valence-corrected chi connectivity index (χ0v) is 14.7. The number of aryl methyl sites for hydroxylation is 1. The van der Waals surface area contributed by atoms with Crippen LogP contribution in [0.2, 0.25) is 0 Å². The van der Waals surface area contributed by atoms with E-state index in [-0.39, 0.29) is 24.1 Å². The van der Waals surface area contributed by atoms with Crippen LogP contribution in [-0.4, -0.2) is 23.8 Å². The molecule has 0 spiro atoms. The van der Waals surface area contributed by atoms with Crippen LogP contribution in [-0.2, 0) is 22.4 Å². The first-order chi connectivity index (χ1) is 12.5. The molecule has 3 N–H and O–H groups in total. The number of benzene rings is 2. The van der Waals surface area contributed by atoms with Gasteiger partial charge in [0.05, 0.1) is 12.8 Å². The Hall–Kier alpha value is -3.15. The third-order valence-corrected chi connectivity index (χ3v) is 4.30. The number of fused-ring (bicyclic) bond motifs is 1. The highest BCUT2D eigenvalue weighted by atomic mass is 19.1. The SMILES string of the molecule is CNC(=O)Cc1ccc(NC(=O)Cc2c(C)[nH]c3ccc(F)cc23)cc1. The highest BCUT2D eigenvalue weighted by Crippen LogP contribution is 2.24. The lowest BCUT2D eigenvalue weighted by Crippen LogP contribution is -2.20. The molecule has 134 valence electrons. The van der Waals surface area contributed by atoms with Gasteiger partial charge in [-0.3, -0.25) is 9.59 Å². The molecule has 6 heteroatoms. The molecule has 0 unspecified atom stereocenters. The summed E-state index contributed by atoms with van der Waals surface area (Å²) in [4.78, 5) is 26.9. The first kappa shape index (κ1) is 17.7. The number of amides is 2. The Kier molecular flexibility index (Phi) is 5.02. The standard InChI is InChI=1S/C20H20FN3O2/c1-12-16(17-10-14(21)5-8-18(17)23-12)11-20(26)24-15-6-3-13(4-7-15)9-19(25)22-2/h3-8,10,23H,9,11H2,1-2H3,(H,22,25)(H,24,26). The molecule has 0 saturated heterocycles. The molecule has 3 aromatic rings. The van der Waals surface area contributed by atoms with Crippen molar-refractivity contribution in [3.63, 3.8) is 0 Å². The molecule has 0 bridgehead atoms. The molecule has 0 radical (unpaired) electrons. The van der Waals surface area contributed by atoms with Crippen LogP contribution in [0.3, 0.4) is 0 Å². The quantitative estimate of drug-likeness (QED) is 0.659. The molecule has 3 rings (SSSR count). The molecule has 0 saturated carbocycles. The summed E-state index contributed by atoms with van der Waals surface area (Å²) in [6, 6.07) is 11.6. The van der Waals surface area contributed by atoms with Crippen LogP contribution >= 0.6 is 0 Å². The van der Waals surface area contributed by atoms with E-state index in [2.05, 4.69) is 15.6 Å². The van der Waals surface area contributed by atoms with Crippen LogP contribution in [0.4, 0.5) is 10.1 Å². The molecule has 2 aromatic carbocycles. The van der Waals surface area contributed by atoms with Crippen molar-refractivity contribution in [2.75, 3.05) is 12.4 Å². The van der Waals surface area contributed by atoms with Gasteiger partial charge in [-0.1, -0.05) is 12.1 Å². The Morgan fingerprint density at radius 1 is 1.04 bits per heavy atom. The second-order valence-corrected chi connectivity index (χ2v) is 6.19. The minimum atomic E-state index is -0.329. The smallest absolute Gasteiger partial charge is 0.228 e. The average Bonchev–Trinajstić information content (AvgIpc) is 2.91. The average molecular weight is 353 g/mol. The van der Waals surface area contributed by atoms with Gasteiger partial charge in [-0.15, -0.1) is 0 Å². The van der Waals surface area contributed by atoms with E-state index < -0.39 is 0 Å². The van der Waals surface area contributed by atoms with Gasteiger partial charge in [-0.25, -0.2) is 4.39 Å². The summed E-state index contributed by atoms with van der Waals surface area (Å²) < 4.78 is 13.5. The Bertz CT molecular complexity index is 961. The van der Waals surface area contributed by atoms with Crippen LogP contribution in [0.25, 0.3) is 10.9 Å². The number of nitrogens with one attached hydrogen (secondary N) is 3. The number of hydrogen-bond donors (Lipinski definition) is 3. The maximum absolute atomic E-state index is 13.5. The Morgan fingerprint density at radius 2 is 1.77 bits per heavy atom. The normalized spacial score (nSPS) is 10.7. The monoisotopic (exact) mass is 353 g/mol. The number of aromatic nitrogens is 1. The lowest BCUT2D eigenvalue weighted by molar-refractivity contribution is -0.120. The fourth-order valence-corrected chi connectivity index (χ4v) is 2.93. The molecule has 0 atom stereocenters. The number of H-pyrrole nitrogens is 1. The van der Waals surface area contributed by atoms with Crippen molar-refractivity contribution < 1.29 is 14.0 Å². The summed E-state index contributed by atoms with van der Waals surface area (Å²) >= 11 is 0. The Morgan fingerprint density at radius 3 is 2.46 bits per heavy atom. The molecule has 5 nitrogen and oxygen atoms in total. The first-order valence-electron chi connectivity index (χ1n) is 8.32. The molecular formula is C20H20FN3O2. The number of hydrogen-bond acceptors (Lipinski definition) is 2. The van der Waals surface area contributed by atoms with Gasteiger partial charge in [0.15, 0.2) is 0 Å². The molecule has 0 aliphatic carbocycles. The molecular weight excluding hydrogens is 333 g/mol. The van der Waals surface area contributed by atoms with E-state index in [1.807, 2.05) is 6.92 Å². The number of carbonyl (C=O) groups is 2. The zero-order chi connectivity index (χ0) is 18.7. The molecule has 26 heavy (non-hydrogen) atoms. The van der Waals surface area contributed by atoms with E-state index in [4.69, 9.17) is 0 Å². The lowest BCUT2D eigenvalue weighted by Gasteiger charge is -2.07. The van der Waals surface area contributed by atoms with E-state index in [9.17, 15) is 14.0 Å². The lowest BCUT2D eigenvalue weighted by atomic mass is 10.1. The summed E-state index contributed by atoms with van der Waals surface area (Å²) in [6.45, 7) is 1.87. The minimum Gasteiger partial charge on any atom is -0.359 e. The summed E-state index contributed by atoms with van der Waals surface area (Å²) in [7, 11) is 1.59. The second kappa shape index (κ2) is 7.39. The number of aromatic amines is 1. The predicted octanol–water partition coefficient (Wildman–Crippen LogP) is 3.09. The molecule has 0 aliphatic rings. The van der Waals surface area contributed by atoms with Crippen molar-refractivity contribution in [3.8, 4) is 0 Å². The highest BCUT2D eigenvalue weighted by Gasteiger charge is 2.13. The first-order valence-corrected chi connectivity index (χ1v) is 8.32. The van der Waals surface area contributed by atoms with Gasteiger partial charge in [0.1, 0.15) is 5.82 Å². The number of rotatable bonds is 5. The van der Waals surface area contributed by atoms with Crippen molar-refractivity contribution in [1.29, 1.82) is 0 Å². The molecule has 0 aliphatic heterocycles. The van der Waals surface area contributed by atoms with Gasteiger partial charge < -0.3 is 15.6 Å². The highest BCUT2D eigenvalue weighted by molar-refractivity contribution is 5.96. The minimum absolute atomic E-state index is 0.0659. The maximum atomic E-state index is 13.5. The Balaban J connectivity index is 1.70. The molecule has 1 heterocycles. The van der Waals surface area contributed by atoms with Gasteiger partial charge in [-0.05, 0) is 48.4 Å². The van der Waals surface area contributed by atoms with Crippen LogP contribution in [0.15, 0.2) is 42.5 Å². The van der Waals surface area contributed by atoms with Crippen molar-refractivity contribution in [2.45, 2.75) is 19.8 Å². The van der Waals surface area contributed by atoms with E-state index in [1.54, 1.807) is 37.4 Å². The van der Waals surface area contributed by atoms with Crippen LogP contribution in [0.5, 0.6) is 0 Å². The van der Waals surface area contributed by atoms with Crippen molar-refractivity contribution in [2.24, 2.45) is 0 Å². The van der Waals surface area contributed by atoms with Gasteiger partial charge in [-0.2, -0.15) is 0 Å². The molecule has 1 aromatic heterocycles. The third-order valence-electron chi connectivity index (χ3n) is 4.30. The number of likely N-dealkylation sites (N-methyl/N-ethyl adjacent to an activating group) is 1. The van der Waals surface area contributed by atoms with E-state index >= 15 is 0 Å². The number of halogens is 1. The summed E-state index contributed by atoms with van der Waals surface area (Å²) in [5, 5.41) is 6.13. The fraction of sp³-hybridized carbons (Fsp3) is 0.200. The summed E-state index contributed by atoms with van der Waals surface area (Å²) in [5.74, 6) is -0.578. The third kappa shape index (κ3) is 3.91. The summed E-state index contributed by atoms with van der Waals surface area (Å²) in [5.41, 5.74) is 3.96. The number of anilines is 1. The second-order valence-electron chi connectivity index (χ2n) is 6.19. The van der Waals surface area contributed by atoms with Gasteiger partial charge >= 0.3 is 0 Å². The van der Waals surface area contributed by atoms with Crippen LogP contribution < -0.4 is 10.6 Å². The zero-order valence-electron chi connectivity index (χ0n) is 14.7. The van der Waals surface area contributed by atoms with E-state index in [0.717, 1.165) is 27.7 Å². The van der Waals surface area contributed by atoms with Crippen LogP contribution in [0.1, 0.15) is 16.8 Å². The Labute approximate surface area is 150 Å².